The standard InChI is InChI=1S/C24H28ClN3O4/c1-17(2)22(26-23(30)19-10-6-7-11-20(19)25)24(31)32-16-21(29)28-14-12-27(13-15-28)18-8-4-3-5-9-18/h3-11,17,22H,12-16H2,1-2H3,(H,26,30)/t22-/m0/s1. The number of halogens is 1. The molecular formula is C24H28ClN3O4. The van der Waals surface area contributed by atoms with Crippen LogP contribution >= 0.6 is 11.6 Å². The van der Waals surface area contributed by atoms with Crippen molar-refractivity contribution in [3.8, 4) is 0 Å². The first-order valence-electron chi connectivity index (χ1n) is 10.7. The van der Waals surface area contributed by atoms with Gasteiger partial charge >= 0.3 is 5.97 Å². The Bertz CT molecular complexity index is 943. The minimum atomic E-state index is -0.887. The molecule has 1 N–H and O–H groups in total. The van der Waals surface area contributed by atoms with E-state index in [9.17, 15) is 14.4 Å². The number of carbonyl (C=O) groups excluding carboxylic acids is 3. The quantitative estimate of drug-likeness (QED) is 0.646. The minimum Gasteiger partial charge on any atom is -0.454 e. The number of carbonyl (C=O) groups is 3. The fourth-order valence-electron chi connectivity index (χ4n) is 3.53. The summed E-state index contributed by atoms with van der Waals surface area (Å²) in [7, 11) is 0. The Labute approximate surface area is 193 Å². The number of rotatable bonds is 7. The van der Waals surface area contributed by atoms with Crippen molar-refractivity contribution in [1.29, 1.82) is 0 Å². The first kappa shape index (κ1) is 23.6. The Hall–Kier alpha value is -3.06. The average molecular weight is 458 g/mol. The number of anilines is 1. The number of piperazine rings is 1. The molecule has 170 valence electrons. The molecule has 8 heteroatoms. The number of amides is 2. The zero-order valence-corrected chi connectivity index (χ0v) is 19.0. The summed E-state index contributed by atoms with van der Waals surface area (Å²) in [5.41, 5.74) is 1.40. The maximum atomic E-state index is 12.6. The molecule has 2 amide bonds. The normalized spacial score (nSPS) is 14.8. The minimum absolute atomic E-state index is 0.224. The predicted octanol–water partition coefficient (Wildman–Crippen LogP) is 2.99. The topological polar surface area (TPSA) is 78.9 Å². The zero-order valence-electron chi connectivity index (χ0n) is 18.3. The van der Waals surface area contributed by atoms with Crippen LogP contribution in [0.1, 0.15) is 24.2 Å². The summed E-state index contributed by atoms with van der Waals surface area (Å²) in [6.45, 7) is 5.78. The predicted molar refractivity (Wildman–Crippen MR) is 124 cm³/mol. The molecule has 0 spiro atoms. The van der Waals surface area contributed by atoms with Crippen LogP contribution in [0.3, 0.4) is 0 Å². The lowest BCUT2D eigenvalue weighted by molar-refractivity contribution is -0.154. The number of hydrogen-bond donors (Lipinski definition) is 1. The van der Waals surface area contributed by atoms with Crippen LogP contribution in [0.2, 0.25) is 5.02 Å². The highest BCUT2D eigenvalue weighted by atomic mass is 35.5. The highest BCUT2D eigenvalue weighted by molar-refractivity contribution is 6.33. The van der Waals surface area contributed by atoms with Crippen LogP contribution < -0.4 is 10.2 Å². The van der Waals surface area contributed by atoms with Crippen molar-refractivity contribution in [2.45, 2.75) is 19.9 Å². The second kappa shape index (κ2) is 11.0. The molecular weight excluding hydrogens is 430 g/mol. The average Bonchev–Trinajstić information content (AvgIpc) is 2.81. The maximum Gasteiger partial charge on any atom is 0.329 e. The summed E-state index contributed by atoms with van der Waals surface area (Å²) in [5, 5.41) is 2.97. The summed E-state index contributed by atoms with van der Waals surface area (Å²) in [5.74, 6) is -1.57. The number of para-hydroxylation sites is 1. The molecule has 32 heavy (non-hydrogen) atoms. The van der Waals surface area contributed by atoms with Crippen molar-refractivity contribution in [3.05, 3.63) is 65.2 Å². The summed E-state index contributed by atoms with van der Waals surface area (Å²) in [6.07, 6.45) is 0. The lowest BCUT2D eigenvalue weighted by Crippen LogP contribution is -2.50. The Morgan fingerprint density at radius 1 is 0.969 bits per heavy atom. The summed E-state index contributed by atoms with van der Waals surface area (Å²) < 4.78 is 5.27. The third-order valence-electron chi connectivity index (χ3n) is 5.42. The highest BCUT2D eigenvalue weighted by Crippen LogP contribution is 2.17. The van der Waals surface area contributed by atoms with Crippen LogP contribution in [0.5, 0.6) is 0 Å². The van der Waals surface area contributed by atoms with Crippen LogP contribution in [0.15, 0.2) is 54.6 Å². The van der Waals surface area contributed by atoms with Crippen molar-refractivity contribution in [1.82, 2.24) is 10.2 Å². The van der Waals surface area contributed by atoms with E-state index in [1.807, 2.05) is 30.3 Å². The molecule has 7 nitrogen and oxygen atoms in total. The van der Waals surface area contributed by atoms with Crippen LogP contribution in [-0.4, -0.2) is 61.5 Å². The molecule has 1 aliphatic heterocycles. The van der Waals surface area contributed by atoms with Crippen molar-refractivity contribution in [3.63, 3.8) is 0 Å². The van der Waals surface area contributed by atoms with Gasteiger partial charge in [-0.05, 0) is 30.2 Å². The molecule has 1 saturated heterocycles. The summed E-state index contributed by atoms with van der Waals surface area (Å²) >= 11 is 6.07. The largest absolute Gasteiger partial charge is 0.454 e. The highest BCUT2D eigenvalue weighted by Gasteiger charge is 2.28. The van der Waals surface area contributed by atoms with Crippen LogP contribution in [0.25, 0.3) is 0 Å². The van der Waals surface area contributed by atoms with E-state index in [1.165, 1.54) is 0 Å². The van der Waals surface area contributed by atoms with E-state index in [4.69, 9.17) is 16.3 Å². The van der Waals surface area contributed by atoms with E-state index < -0.39 is 17.9 Å². The maximum absolute atomic E-state index is 12.6. The Balaban J connectivity index is 1.50. The van der Waals surface area contributed by atoms with Gasteiger partial charge in [0.05, 0.1) is 10.6 Å². The molecule has 0 aliphatic carbocycles. The van der Waals surface area contributed by atoms with E-state index in [1.54, 1.807) is 43.0 Å². The van der Waals surface area contributed by atoms with E-state index in [0.29, 0.717) is 31.2 Å². The van der Waals surface area contributed by atoms with Crippen molar-refractivity contribution in [2.75, 3.05) is 37.7 Å². The van der Waals surface area contributed by atoms with Gasteiger partial charge in [-0.2, -0.15) is 0 Å². The Kier molecular flexibility index (Phi) is 8.11. The van der Waals surface area contributed by atoms with Gasteiger partial charge in [0.15, 0.2) is 6.61 Å². The van der Waals surface area contributed by atoms with E-state index in [2.05, 4.69) is 10.2 Å². The molecule has 0 aromatic heterocycles. The van der Waals surface area contributed by atoms with Gasteiger partial charge in [0, 0.05) is 31.9 Å². The number of hydrogen-bond acceptors (Lipinski definition) is 5. The second-order valence-corrected chi connectivity index (χ2v) is 8.39. The van der Waals surface area contributed by atoms with Crippen LogP contribution in [-0.2, 0) is 14.3 Å². The fraction of sp³-hybridized carbons (Fsp3) is 0.375. The SMILES string of the molecule is CC(C)[C@H](NC(=O)c1ccccc1Cl)C(=O)OCC(=O)N1CCN(c2ccccc2)CC1. The van der Waals surface area contributed by atoms with Crippen molar-refractivity contribution < 1.29 is 19.1 Å². The molecule has 2 aromatic rings. The van der Waals surface area contributed by atoms with Gasteiger partial charge in [-0.25, -0.2) is 4.79 Å². The molecule has 1 fully saturated rings. The zero-order chi connectivity index (χ0) is 23.1. The number of nitrogens with zero attached hydrogens (tertiary/aromatic N) is 2. The van der Waals surface area contributed by atoms with Gasteiger partial charge < -0.3 is 19.9 Å². The van der Waals surface area contributed by atoms with Gasteiger partial charge in [0.1, 0.15) is 6.04 Å². The molecule has 1 aliphatic rings. The second-order valence-electron chi connectivity index (χ2n) is 7.99. The fourth-order valence-corrected chi connectivity index (χ4v) is 3.75. The lowest BCUT2D eigenvalue weighted by atomic mass is 10.0. The first-order valence-corrected chi connectivity index (χ1v) is 11.0. The smallest absolute Gasteiger partial charge is 0.329 e. The molecule has 1 atom stereocenters. The molecule has 2 aromatic carbocycles. The van der Waals surface area contributed by atoms with Crippen molar-refractivity contribution in [2.24, 2.45) is 5.92 Å². The monoisotopic (exact) mass is 457 g/mol. The van der Waals surface area contributed by atoms with Crippen molar-refractivity contribution >= 4 is 35.1 Å². The first-order chi connectivity index (χ1) is 15.4. The lowest BCUT2D eigenvalue weighted by Gasteiger charge is -2.36. The number of ether oxygens (including phenoxy) is 1. The number of benzene rings is 2. The third-order valence-corrected chi connectivity index (χ3v) is 5.75. The van der Waals surface area contributed by atoms with Gasteiger partial charge in [0.2, 0.25) is 0 Å². The van der Waals surface area contributed by atoms with E-state index in [-0.39, 0.29) is 24.0 Å². The molecule has 0 bridgehead atoms. The van der Waals surface area contributed by atoms with E-state index >= 15 is 0 Å². The molecule has 0 radical (unpaired) electrons. The molecule has 3 rings (SSSR count). The number of esters is 1. The van der Waals surface area contributed by atoms with Gasteiger partial charge in [-0.3, -0.25) is 9.59 Å². The van der Waals surface area contributed by atoms with Crippen LogP contribution in [0.4, 0.5) is 5.69 Å². The van der Waals surface area contributed by atoms with Crippen LogP contribution in [0, 0.1) is 5.92 Å². The summed E-state index contributed by atoms with van der Waals surface area (Å²) in [4.78, 5) is 41.6. The summed E-state index contributed by atoms with van der Waals surface area (Å²) in [6, 6.07) is 15.8. The molecule has 1 heterocycles. The Morgan fingerprint density at radius 3 is 2.22 bits per heavy atom. The third kappa shape index (κ3) is 6.01. The van der Waals surface area contributed by atoms with E-state index in [0.717, 1.165) is 5.69 Å². The molecule has 0 unspecified atom stereocenters. The molecule has 0 saturated carbocycles. The van der Waals surface area contributed by atoms with Gasteiger partial charge in [-0.15, -0.1) is 0 Å². The van der Waals surface area contributed by atoms with Gasteiger partial charge in [-0.1, -0.05) is 55.8 Å². The number of nitrogens with one attached hydrogen (secondary N) is 1. The Morgan fingerprint density at radius 2 is 1.59 bits per heavy atom. The van der Waals surface area contributed by atoms with Gasteiger partial charge in [0.25, 0.3) is 11.8 Å².